The van der Waals surface area contributed by atoms with Gasteiger partial charge in [0.1, 0.15) is 11.8 Å². The van der Waals surface area contributed by atoms with E-state index in [1.807, 2.05) is 60.1 Å². The Hall–Kier alpha value is -2.57. The molecule has 2 aromatic heterocycles. The van der Waals surface area contributed by atoms with E-state index in [1.165, 1.54) is 4.68 Å². The topological polar surface area (TPSA) is 62.9 Å². The van der Waals surface area contributed by atoms with Crippen LogP contribution in [0.3, 0.4) is 0 Å². The number of benzene rings is 2. The van der Waals surface area contributed by atoms with Crippen molar-refractivity contribution in [2.45, 2.75) is 11.4 Å². The summed E-state index contributed by atoms with van der Waals surface area (Å²) >= 11 is -1.06. The first-order chi connectivity index (χ1) is 12.1. The Bertz CT molecular complexity index is 1130. The van der Waals surface area contributed by atoms with Crippen molar-refractivity contribution in [3.63, 3.8) is 0 Å². The van der Waals surface area contributed by atoms with Crippen LogP contribution < -0.4 is 5.56 Å². The van der Waals surface area contributed by atoms with Gasteiger partial charge in [-0.3, -0.25) is 4.79 Å². The van der Waals surface area contributed by atoms with Crippen LogP contribution >= 0.6 is 0 Å². The molecule has 2 aromatic carbocycles. The Morgan fingerprint density at radius 1 is 1.12 bits per heavy atom. The molecule has 6 heteroatoms. The van der Waals surface area contributed by atoms with Gasteiger partial charge in [0.2, 0.25) is 0 Å². The van der Waals surface area contributed by atoms with Crippen molar-refractivity contribution in [3.05, 3.63) is 70.6 Å². The maximum atomic E-state index is 13.0. The molecular weight excluding hydrogens is 334 g/mol. The van der Waals surface area contributed by atoms with Crippen molar-refractivity contribution in [2.24, 2.45) is 7.05 Å². The van der Waals surface area contributed by atoms with Gasteiger partial charge in [0.05, 0.1) is 18.3 Å². The Morgan fingerprint density at radius 2 is 1.88 bits per heavy atom. The molecule has 4 rings (SSSR count). The lowest BCUT2D eigenvalue weighted by Gasteiger charge is -2.05. The van der Waals surface area contributed by atoms with E-state index in [9.17, 15) is 9.35 Å². The summed E-state index contributed by atoms with van der Waals surface area (Å²) in [6, 6.07) is 15.4. The monoisotopic (exact) mass is 351 g/mol. The van der Waals surface area contributed by atoms with Gasteiger partial charge in [0.15, 0.2) is 4.90 Å². The SMILES string of the molecule is Cn1c2cc([S+](C)[O-])ccc2c2cnn(Cc3ccccc3)c(=O)c21. The molecule has 0 fully saturated rings. The molecule has 0 bridgehead atoms. The number of aromatic nitrogens is 3. The molecule has 1 unspecified atom stereocenters. The lowest BCUT2D eigenvalue weighted by Crippen LogP contribution is -2.24. The van der Waals surface area contributed by atoms with Crippen LogP contribution in [0.25, 0.3) is 21.8 Å². The summed E-state index contributed by atoms with van der Waals surface area (Å²) in [7, 11) is 1.86. The quantitative estimate of drug-likeness (QED) is 0.533. The number of hydrogen-bond acceptors (Lipinski definition) is 3. The molecule has 0 spiro atoms. The number of fused-ring (bicyclic) bond motifs is 3. The summed E-state index contributed by atoms with van der Waals surface area (Å²) in [4.78, 5) is 13.7. The zero-order valence-electron chi connectivity index (χ0n) is 14.0. The molecule has 0 aliphatic heterocycles. The fourth-order valence-corrected chi connectivity index (χ4v) is 3.72. The average molecular weight is 351 g/mol. The van der Waals surface area contributed by atoms with Gasteiger partial charge < -0.3 is 9.12 Å². The van der Waals surface area contributed by atoms with Crippen LogP contribution in [-0.2, 0) is 24.8 Å². The van der Waals surface area contributed by atoms with E-state index in [0.717, 1.165) is 26.7 Å². The summed E-state index contributed by atoms with van der Waals surface area (Å²) in [5.74, 6) is 0. The molecule has 0 saturated heterocycles. The van der Waals surface area contributed by atoms with E-state index in [1.54, 1.807) is 12.5 Å². The first-order valence-corrected chi connectivity index (χ1v) is 9.47. The van der Waals surface area contributed by atoms with Crippen LogP contribution in [0.1, 0.15) is 5.56 Å². The minimum Gasteiger partial charge on any atom is -0.612 e. The molecule has 0 radical (unpaired) electrons. The molecule has 0 N–H and O–H groups in total. The molecule has 25 heavy (non-hydrogen) atoms. The second-order valence-corrected chi connectivity index (χ2v) is 7.43. The van der Waals surface area contributed by atoms with Crippen molar-refractivity contribution < 1.29 is 4.55 Å². The summed E-state index contributed by atoms with van der Waals surface area (Å²) in [6.45, 7) is 0.432. The molecule has 0 amide bonds. The number of rotatable bonds is 3. The number of nitrogens with zero attached hydrogens (tertiary/aromatic N) is 3. The van der Waals surface area contributed by atoms with E-state index < -0.39 is 11.2 Å². The van der Waals surface area contributed by atoms with E-state index >= 15 is 0 Å². The van der Waals surface area contributed by atoms with Crippen LogP contribution in [-0.4, -0.2) is 25.2 Å². The highest BCUT2D eigenvalue weighted by Crippen LogP contribution is 2.27. The third-order valence-electron chi connectivity index (χ3n) is 4.48. The van der Waals surface area contributed by atoms with Gasteiger partial charge >= 0.3 is 0 Å². The van der Waals surface area contributed by atoms with E-state index in [0.29, 0.717) is 12.1 Å². The molecule has 126 valence electrons. The smallest absolute Gasteiger partial charge is 0.291 e. The summed E-state index contributed by atoms with van der Waals surface area (Å²) in [6.07, 6.45) is 3.39. The highest BCUT2D eigenvalue weighted by Gasteiger charge is 2.16. The largest absolute Gasteiger partial charge is 0.612 e. The van der Waals surface area contributed by atoms with Gasteiger partial charge in [-0.2, -0.15) is 5.10 Å². The van der Waals surface area contributed by atoms with Gasteiger partial charge in [-0.1, -0.05) is 30.3 Å². The molecule has 1 atom stereocenters. The van der Waals surface area contributed by atoms with Gasteiger partial charge in [-0.15, -0.1) is 0 Å². The second kappa shape index (κ2) is 6.06. The van der Waals surface area contributed by atoms with Crippen LogP contribution in [0.5, 0.6) is 0 Å². The third-order valence-corrected chi connectivity index (χ3v) is 5.40. The van der Waals surface area contributed by atoms with Crippen molar-refractivity contribution >= 4 is 33.0 Å². The van der Waals surface area contributed by atoms with Gasteiger partial charge in [0, 0.05) is 23.9 Å². The lowest BCUT2D eigenvalue weighted by molar-refractivity contribution is 0.601. The minimum absolute atomic E-state index is 0.126. The highest BCUT2D eigenvalue weighted by molar-refractivity contribution is 7.90. The zero-order chi connectivity index (χ0) is 17.6. The standard InChI is InChI=1S/C19H17N3O2S/c1-21-17-10-14(25(2)24)8-9-15(17)16-11-20-22(19(23)18(16)21)12-13-6-4-3-5-7-13/h3-11H,12H2,1-2H3. The lowest BCUT2D eigenvalue weighted by atomic mass is 10.2. The van der Waals surface area contributed by atoms with Gasteiger partial charge in [-0.25, -0.2) is 4.68 Å². The zero-order valence-corrected chi connectivity index (χ0v) is 14.8. The Labute approximate surface area is 147 Å². The fourth-order valence-electron chi connectivity index (χ4n) is 3.18. The maximum Gasteiger partial charge on any atom is 0.291 e. The van der Waals surface area contributed by atoms with E-state index in [-0.39, 0.29) is 5.56 Å². The van der Waals surface area contributed by atoms with Gasteiger partial charge in [-0.05, 0) is 28.9 Å². The first-order valence-electron chi connectivity index (χ1n) is 7.92. The predicted octanol–water partition coefficient (Wildman–Crippen LogP) is 2.67. The Kier molecular flexibility index (Phi) is 3.86. The number of hydrogen-bond donors (Lipinski definition) is 0. The molecule has 0 aliphatic carbocycles. The number of aryl methyl sites for hydroxylation is 1. The third kappa shape index (κ3) is 2.63. The average Bonchev–Trinajstić information content (AvgIpc) is 2.91. The summed E-state index contributed by atoms with van der Waals surface area (Å²) in [5, 5.41) is 6.12. The Balaban J connectivity index is 1.93. The second-order valence-electron chi connectivity index (χ2n) is 6.05. The predicted molar refractivity (Wildman–Crippen MR) is 100 cm³/mol. The van der Waals surface area contributed by atoms with Crippen LogP contribution in [0.2, 0.25) is 0 Å². The Morgan fingerprint density at radius 3 is 2.60 bits per heavy atom. The molecule has 0 saturated carbocycles. The van der Waals surface area contributed by atoms with Crippen LogP contribution in [0.4, 0.5) is 0 Å². The van der Waals surface area contributed by atoms with Crippen molar-refractivity contribution in [2.75, 3.05) is 6.26 Å². The molecule has 4 aromatic rings. The fraction of sp³-hybridized carbons (Fsp3) is 0.158. The normalized spacial score (nSPS) is 12.8. The van der Waals surface area contributed by atoms with Crippen molar-refractivity contribution in [1.82, 2.24) is 14.3 Å². The first kappa shape index (κ1) is 15.9. The molecular formula is C19H17N3O2S. The molecule has 2 heterocycles. The maximum absolute atomic E-state index is 13.0. The molecule has 0 aliphatic rings. The highest BCUT2D eigenvalue weighted by atomic mass is 32.2. The van der Waals surface area contributed by atoms with Crippen molar-refractivity contribution in [1.29, 1.82) is 0 Å². The van der Waals surface area contributed by atoms with E-state index in [2.05, 4.69) is 5.10 Å². The van der Waals surface area contributed by atoms with E-state index in [4.69, 9.17) is 0 Å². The van der Waals surface area contributed by atoms with Crippen LogP contribution in [0.15, 0.2) is 64.4 Å². The summed E-state index contributed by atoms with van der Waals surface area (Å²) < 4.78 is 15.1. The molecule has 5 nitrogen and oxygen atoms in total. The summed E-state index contributed by atoms with van der Waals surface area (Å²) in [5.41, 5.74) is 2.40. The van der Waals surface area contributed by atoms with Gasteiger partial charge in [0.25, 0.3) is 5.56 Å². The minimum atomic E-state index is -1.06. The van der Waals surface area contributed by atoms with Crippen molar-refractivity contribution in [3.8, 4) is 0 Å². The van der Waals surface area contributed by atoms with Crippen LogP contribution in [0, 0.1) is 0 Å².